The fraction of sp³-hybridized carbons (Fsp3) is 0.222. The van der Waals surface area contributed by atoms with Crippen LogP contribution in [-0.2, 0) is 16.1 Å². The molecule has 0 saturated carbocycles. The molecule has 0 radical (unpaired) electrons. The number of methoxy groups -OCH3 is 1. The lowest BCUT2D eigenvalue weighted by atomic mass is 10.2. The van der Waals surface area contributed by atoms with E-state index in [2.05, 4.69) is 10.6 Å². The van der Waals surface area contributed by atoms with Crippen LogP contribution >= 0.6 is 0 Å². The number of ether oxygens (including phenoxy) is 2. The van der Waals surface area contributed by atoms with Crippen LogP contribution in [0.5, 0.6) is 0 Å². The quantitative estimate of drug-likeness (QED) is 0.794. The molecule has 0 heterocycles. The minimum Gasteiger partial charge on any atom is -0.462 e. The molecule has 2 rings (SSSR count). The first kappa shape index (κ1) is 17.5. The van der Waals surface area contributed by atoms with Crippen molar-refractivity contribution in [2.45, 2.75) is 13.5 Å². The largest absolute Gasteiger partial charge is 0.462 e. The molecule has 2 aromatic carbocycles. The van der Waals surface area contributed by atoms with E-state index in [1.807, 2.05) is 18.2 Å². The van der Waals surface area contributed by atoms with Gasteiger partial charge in [0.25, 0.3) is 0 Å². The first-order chi connectivity index (χ1) is 11.6. The summed E-state index contributed by atoms with van der Waals surface area (Å²) in [7, 11) is 1.62. The molecule has 126 valence electrons. The Bertz CT molecular complexity index is 698. The highest BCUT2D eigenvalue weighted by Gasteiger charge is 2.07. The van der Waals surface area contributed by atoms with Gasteiger partial charge in [-0.15, -0.1) is 0 Å². The molecule has 0 unspecified atom stereocenters. The van der Waals surface area contributed by atoms with Crippen LogP contribution in [0.1, 0.15) is 22.8 Å². The highest BCUT2D eigenvalue weighted by atomic mass is 16.5. The molecular weight excluding hydrogens is 308 g/mol. The normalized spacial score (nSPS) is 10.1. The third kappa shape index (κ3) is 5.10. The maximum Gasteiger partial charge on any atom is 0.338 e. The molecule has 0 aromatic heterocycles. The smallest absolute Gasteiger partial charge is 0.338 e. The molecule has 0 aliphatic carbocycles. The van der Waals surface area contributed by atoms with E-state index in [1.54, 1.807) is 44.4 Å². The number of urea groups is 1. The van der Waals surface area contributed by atoms with Gasteiger partial charge in [-0.3, -0.25) is 0 Å². The van der Waals surface area contributed by atoms with Crippen molar-refractivity contribution in [1.82, 2.24) is 0 Å². The average molecular weight is 328 g/mol. The number of esters is 1. The van der Waals surface area contributed by atoms with E-state index in [0.29, 0.717) is 30.2 Å². The van der Waals surface area contributed by atoms with Crippen molar-refractivity contribution in [2.24, 2.45) is 0 Å². The van der Waals surface area contributed by atoms with Gasteiger partial charge < -0.3 is 20.1 Å². The minimum atomic E-state index is -0.386. The van der Waals surface area contributed by atoms with Gasteiger partial charge in [-0.25, -0.2) is 9.59 Å². The van der Waals surface area contributed by atoms with Gasteiger partial charge in [-0.1, -0.05) is 12.1 Å². The number of hydrogen-bond acceptors (Lipinski definition) is 4. The molecule has 0 aliphatic heterocycles. The molecule has 6 heteroatoms. The number of nitrogens with one attached hydrogen (secondary N) is 2. The summed E-state index contributed by atoms with van der Waals surface area (Å²) in [6, 6.07) is 13.5. The molecule has 2 amide bonds. The summed E-state index contributed by atoms with van der Waals surface area (Å²) in [6.45, 7) is 2.55. The Hall–Kier alpha value is -2.86. The Morgan fingerprint density at radius 3 is 2.38 bits per heavy atom. The van der Waals surface area contributed by atoms with Crippen LogP contribution in [0.4, 0.5) is 16.2 Å². The van der Waals surface area contributed by atoms with E-state index in [0.717, 1.165) is 5.56 Å². The van der Waals surface area contributed by atoms with Crippen molar-refractivity contribution in [3.63, 3.8) is 0 Å². The van der Waals surface area contributed by atoms with E-state index in [9.17, 15) is 9.59 Å². The summed E-state index contributed by atoms with van der Waals surface area (Å²) >= 11 is 0. The van der Waals surface area contributed by atoms with Gasteiger partial charge in [0, 0.05) is 18.5 Å². The van der Waals surface area contributed by atoms with Gasteiger partial charge >= 0.3 is 12.0 Å². The Morgan fingerprint density at radius 2 is 1.71 bits per heavy atom. The summed E-state index contributed by atoms with van der Waals surface area (Å²) in [4.78, 5) is 23.6. The molecule has 2 N–H and O–H groups in total. The van der Waals surface area contributed by atoms with E-state index >= 15 is 0 Å². The van der Waals surface area contributed by atoms with Crippen LogP contribution in [0.25, 0.3) is 0 Å². The Labute approximate surface area is 140 Å². The highest BCUT2D eigenvalue weighted by Crippen LogP contribution is 2.14. The lowest BCUT2D eigenvalue weighted by Crippen LogP contribution is -2.19. The summed E-state index contributed by atoms with van der Waals surface area (Å²) in [5.74, 6) is -0.386. The van der Waals surface area contributed by atoms with Crippen LogP contribution in [0.15, 0.2) is 48.5 Å². The fourth-order valence-corrected chi connectivity index (χ4v) is 2.10. The molecule has 0 spiro atoms. The Balaban J connectivity index is 1.94. The van der Waals surface area contributed by atoms with Gasteiger partial charge in [0.2, 0.25) is 0 Å². The Kier molecular flexibility index (Phi) is 6.33. The van der Waals surface area contributed by atoms with Crippen molar-refractivity contribution in [3.05, 3.63) is 59.7 Å². The van der Waals surface area contributed by atoms with Crippen molar-refractivity contribution in [1.29, 1.82) is 0 Å². The predicted molar refractivity (Wildman–Crippen MR) is 92.2 cm³/mol. The SMILES string of the molecule is CCOC(=O)c1ccc(NC(=O)Nc2cccc(COC)c2)cc1. The third-order valence-electron chi connectivity index (χ3n) is 3.15. The summed E-state index contributed by atoms with van der Waals surface area (Å²) < 4.78 is 9.98. The molecule has 0 bridgehead atoms. The molecule has 24 heavy (non-hydrogen) atoms. The summed E-state index contributed by atoms with van der Waals surface area (Å²) in [5.41, 5.74) is 2.66. The first-order valence-corrected chi connectivity index (χ1v) is 7.55. The molecule has 0 fully saturated rings. The lowest BCUT2D eigenvalue weighted by molar-refractivity contribution is 0.0526. The van der Waals surface area contributed by atoms with E-state index in [-0.39, 0.29) is 12.0 Å². The van der Waals surface area contributed by atoms with Crippen LogP contribution in [0.3, 0.4) is 0 Å². The number of carbonyl (C=O) groups excluding carboxylic acids is 2. The minimum absolute atomic E-state index is 0.323. The van der Waals surface area contributed by atoms with E-state index < -0.39 is 0 Å². The standard InChI is InChI=1S/C18H20N2O4/c1-3-24-17(21)14-7-9-15(10-8-14)19-18(22)20-16-6-4-5-13(11-16)12-23-2/h4-11H,3,12H2,1-2H3,(H2,19,20,22). The monoisotopic (exact) mass is 328 g/mol. The highest BCUT2D eigenvalue weighted by molar-refractivity contribution is 6.00. The number of anilines is 2. The summed E-state index contributed by atoms with van der Waals surface area (Å²) in [6.07, 6.45) is 0. The van der Waals surface area contributed by atoms with Crippen molar-refractivity contribution < 1.29 is 19.1 Å². The predicted octanol–water partition coefficient (Wildman–Crippen LogP) is 3.65. The Morgan fingerprint density at radius 1 is 1.00 bits per heavy atom. The lowest BCUT2D eigenvalue weighted by Gasteiger charge is -2.09. The first-order valence-electron chi connectivity index (χ1n) is 7.55. The van der Waals surface area contributed by atoms with Crippen LogP contribution in [-0.4, -0.2) is 25.7 Å². The molecule has 0 aliphatic rings. The van der Waals surface area contributed by atoms with Crippen molar-refractivity contribution in [2.75, 3.05) is 24.4 Å². The maximum atomic E-state index is 12.0. The fourth-order valence-electron chi connectivity index (χ4n) is 2.10. The van der Waals surface area contributed by atoms with Crippen molar-refractivity contribution in [3.8, 4) is 0 Å². The van der Waals surface area contributed by atoms with E-state index in [1.165, 1.54) is 0 Å². The van der Waals surface area contributed by atoms with Gasteiger partial charge in [0.1, 0.15) is 0 Å². The zero-order chi connectivity index (χ0) is 17.4. The molecule has 2 aromatic rings. The van der Waals surface area contributed by atoms with Crippen LogP contribution in [0, 0.1) is 0 Å². The topological polar surface area (TPSA) is 76.7 Å². The van der Waals surface area contributed by atoms with Gasteiger partial charge in [0.15, 0.2) is 0 Å². The van der Waals surface area contributed by atoms with Gasteiger partial charge in [0.05, 0.1) is 18.8 Å². The second-order valence-electron chi connectivity index (χ2n) is 5.01. The third-order valence-corrected chi connectivity index (χ3v) is 3.15. The number of hydrogen-bond donors (Lipinski definition) is 2. The van der Waals surface area contributed by atoms with Gasteiger partial charge in [-0.2, -0.15) is 0 Å². The summed E-state index contributed by atoms with van der Waals surface area (Å²) in [5, 5.41) is 5.46. The van der Waals surface area contributed by atoms with Crippen LogP contribution in [0.2, 0.25) is 0 Å². The van der Waals surface area contributed by atoms with E-state index in [4.69, 9.17) is 9.47 Å². The zero-order valence-corrected chi connectivity index (χ0v) is 13.7. The zero-order valence-electron chi connectivity index (χ0n) is 13.7. The average Bonchev–Trinajstić information content (AvgIpc) is 2.56. The number of amides is 2. The van der Waals surface area contributed by atoms with Gasteiger partial charge in [-0.05, 0) is 48.9 Å². The molecule has 6 nitrogen and oxygen atoms in total. The second-order valence-corrected chi connectivity index (χ2v) is 5.01. The number of carbonyl (C=O) groups is 2. The molecule has 0 atom stereocenters. The number of benzene rings is 2. The molecular formula is C18H20N2O4. The second kappa shape index (κ2) is 8.69. The van der Waals surface area contributed by atoms with Crippen LogP contribution < -0.4 is 10.6 Å². The molecule has 0 saturated heterocycles. The van der Waals surface area contributed by atoms with Crippen molar-refractivity contribution >= 4 is 23.4 Å². The number of rotatable bonds is 6. The maximum absolute atomic E-state index is 12.0.